The van der Waals surface area contributed by atoms with Crippen molar-refractivity contribution < 1.29 is 0 Å². The molecule has 1 heterocycles. The maximum absolute atomic E-state index is 2.47. The average Bonchev–Trinajstić information content (AvgIpc) is 3.69. The van der Waals surface area contributed by atoms with E-state index in [9.17, 15) is 0 Å². The number of nitrogens with zero attached hydrogens (tertiary/aromatic N) is 1. The van der Waals surface area contributed by atoms with Crippen molar-refractivity contribution >= 4 is 21.8 Å². The van der Waals surface area contributed by atoms with Crippen LogP contribution < -0.4 is 0 Å². The number of hydrogen-bond donors (Lipinski definition) is 0. The maximum atomic E-state index is 2.47. The van der Waals surface area contributed by atoms with Gasteiger partial charge in [0.2, 0.25) is 0 Å². The smallest absolute Gasteiger partial charge is 0.0725 e. The van der Waals surface area contributed by atoms with Crippen molar-refractivity contribution in [1.82, 2.24) is 4.57 Å². The Morgan fingerprint density at radius 2 is 0.978 bits per heavy atom. The van der Waals surface area contributed by atoms with Crippen molar-refractivity contribution in [2.75, 3.05) is 0 Å². The largest absolute Gasteiger partial charge is 0.309 e. The van der Waals surface area contributed by atoms with Crippen LogP contribution in [0.15, 0.2) is 158 Å². The molecule has 1 aromatic heterocycles. The van der Waals surface area contributed by atoms with Gasteiger partial charge >= 0.3 is 0 Å². The summed E-state index contributed by atoms with van der Waals surface area (Å²) in [6.07, 6.45) is 0. The monoisotopic (exact) mass is 571 g/mol. The Bertz CT molecular complexity index is 2460. The molecule has 0 saturated carbocycles. The minimum atomic E-state index is -0.323. The van der Waals surface area contributed by atoms with E-state index < -0.39 is 0 Å². The summed E-state index contributed by atoms with van der Waals surface area (Å²) in [7, 11) is 0. The van der Waals surface area contributed by atoms with Crippen molar-refractivity contribution in [3.05, 3.63) is 186 Å². The first-order valence-corrected chi connectivity index (χ1v) is 15.8. The average molecular weight is 572 g/mol. The molecule has 0 aliphatic heterocycles. The Morgan fingerprint density at radius 1 is 0.400 bits per heavy atom. The number of aryl methyl sites for hydroxylation is 1. The molecule has 8 aromatic rings. The van der Waals surface area contributed by atoms with E-state index >= 15 is 0 Å². The topological polar surface area (TPSA) is 4.93 Å². The highest BCUT2D eigenvalue weighted by molar-refractivity contribution is 6.10. The Hall–Kier alpha value is -5.66. The van der Waals surface area contributed by atoms with Gasteiger partial charge in [-0.15, -0.1) is 0 Å². The standard InChI is InChI=1S/C44H29N/c1-28-11-10-12-29(25-28)30-21-23-36-35-16-5-9-20-42(35)45(43(36)26-30)31-22-24-41-37(27-31)34-15-4-8-19-40(34)44(41)38-17-6-2-13-32(38)33-14-3-7-18-39(33)44/h2-27H,1H3. The van der Waals surface area contributed by atoms with Gasteiger partial charge in [0.15, 0.2) is 0 Å². The molecular formula is C44H29N. The van der Waals surface area contributed by atoms with Gasteiger partial charge in [-0.1, -0.05) is 139 Å². The Balaban J connectivity index is 1.27. The first-order chi connectivity index (χ1) is 22.2. The minimum absolute atomic E-state index is 0.323. The lowest BCUT2D eigenvalue weighted by Crippen LogP contribution is -2.25. The van der Waals surface area contributed by atoms with E-state index in [1.54, 1.807) is 0 Å². The number of benzene rings is 7. The first kappa shape index (κ1) is 24.7. The van der Waals surface area contributed by atoms with Gasteiger partial charge in [0.05, 0.1) is 16.4 Å². The van der Waals surface area contributed by atoms with Crippen LogP contribution in [0.5, 0.6) is 0 Å². The van der Waals surface area contributed by atoms with E-state index in [1.807, 2.05) is 0 Å². The predicted octanol–water partition coefficient (Wildman–Crippen LogP) is 11.1. The Labute approximate surface area is 262 Å². The summed E-state index contributed by atoms with van der Waals surface area (Å²) < 4.78 is 2.47. The highest BCUT2D eigenvalue weighted by Gasteiger charge is 2.51. The van der Waals surface area contributed by atoms with E-state index in [0.29, 0.717) is 0 Å². The molecule has 7 aromatic carbocycles. The molecule has 0 N–H and O–H groups in total. The highest BCUT2D eigenvalue weighted by atomic mass is 15.0. The van der Waals surface area contributed by atoms with Crippen LogP contribution in [0.3, 0.4) is 0 Å². The zero-order valence-corrected chi connectivity index (χ0v) is 25.0. The Morgan fingerprint density at radius 3 is 1.69 bits per heavy atom. The second-order valence-electron chi connectivity index (χ2n) is 12.6. The summed E-state index contributed by atoms with van der Waals surface area (Å²) in [5.74, 6) is 0. The molecule has 1 nitrogen and oxygen atoms in total. The van der Waals surface area contributed by atoms with E-state index in [1.165, 1.54) is 88.7 Å². The summed E-state index contributed by atoms with van der Waals surface area (Å²) in [5.41, 5.74) is 17.9. The van der Waals surface area contributed by atoms with Crippen LogP contribution in [-0.2, 0) is 5.41 Å². The van der Waals surface area contributed by atoms with Crippen molar-refractivity contribution in [3.63, 3.8) is 0 Å². The number of rotatable bonds is 2. The Kier molecular flexibility index (Phi) is 4.91. The molecule has 0 amide bonds. The van der Waals surface area contributed by atoms with Crippen LogP contribution in [0.2, 0.25) is 0 Å². The second-order valence-corrected chi connectivity index (χ2v) is 12.6. The molecule has 0 bridgehead atoms. The minimum Gasteiger partial charge on any atom is -0.309 e. The van der Waals surface area contributed by atoms with Gasteiger partial charge < -0.3 is 4.57 Å². The SMILES string of the molecule is Cc1cccc(-c2ccc3c4ccccc4n(-c4ccc5c(c4)-c4ccccc4C54c5ccccc5-c5ccccc54)c3c2)c1. The van der Waals surface area contributed by atoms with E-state index in [0.717, 1.165) is 0 Å². The van der Waals surface area contributed by atoms with Crippen molar-refractivity contribution in [1.29, 1.82) is 0 Å². The summed E-state index contributed by atoms with van der Waals surface area (Å²) in [6, 6.07) is 58.8. The van der Waals surface area contributed by atoms with Crippen LogP contribution in [0.4, 0.5) is 0 Å². The summed E-state index contributed by atoms with van der Waals surface area (Å²) in [4.78, 5) is 0. The molecule has 45 heavy (non-hydrogen) atoms. The zero-order chi connectivity index (χ0) is 29.7. The fraction of sp³-hybridized carbons (Fsp3) is 0.0455. The van der Waals surface area contributed by atoms with Crippen LogP contribution in [0.25, 0.3) is 60.9 Å². The molecule has 0 fully saturated rings. The van der Waals surface area contributed by atoms with Gasteiger partial charge in [-0.05, 0) is 86.8 Å². The first-order valence-electron chi connectivity index (χ1n) is 15.8. The van der Waals surface area contributed by atoms with Gasteiger partial charge in [-0.3, -0.25) is 0 Å². The van der Waals surface area contributed by atoms with E-state index in [2.05, 4.69) is 169 Å². The molecule has 1 spiro atoms. The number of para-hydroxylation sites is 1. The van der Waals surface area contributed by atoms with Gasteiger partial charge in [0, 0.05) is 16.5 Å². The third-order valence-electron chi connectivity index (χ3n) is 10.3. The molecule has 10 rings (SSSR count). The van der Waals surface area contributed by atoms with Gasteiger partial charge in [-0.25, -0.2) is 0 Å². The number of hydrogen-bond acceptors (Lipinski definition) is 0. The van der Waals surface area contributed by atoms with Crippen LogP contribution >= 0.6 is 0 Å². The lowest BCUT2D eigenvalue weighted by molar-refractivity contribution is 0.793. The maximum Gasteiger partial charge on any atom is 0.0725 e. The molecular weight excluding hydrogens is 542 g/mol. The van der Waals surface area contributed by atoms with Crippen LogP contribution in [0, 0.1) is 6.92 Å². The molecule has 0 saturated heterocycles. The van der Waals surface area contributed by atoms with E-state index in [4.69, 9.17) is 0 Å². The van der Waals surface area contributed by atoms with Crippen molar-refractivity contribution in [2.24, 2.45) is 0 Å². The molecule has 0 atom stereocenters. The quantitative estimate of drug-likeness (QED) is 0.194. The molecule has 2 aliphatic rings. The van der Waals surface area contributed by atoms with Crippen LogP contribution in [0.1, 0.15) is 27.8 Å². The fourth-order valence-electron chi connectivity index (χ4n) is 8.48. The molecule has 210 valence electrons. The third-order valence-corrected chi connectivity index (χ3v) is 10.3. The normalized spacial score (nSPS) is 13.6. The zero-order valence-electron chi connectivity index (χ0n) is 25.0. The molecule has 0 unspecified atom stereocenters. The van der Waals surface area contributed by atoms with E-state index in [-0.39, 0.29) is 5.41 Å². The molecule has 1 heteroatoms. The highest BCUT2D eigenvalue weighted by Crippen LogP contribution is 2.62. The van der Waals surface area contributed by atoms with Crippen LogP contribution in [-0.4, -0.2) is 4.57 Å². The number of fused-ring (bicyclic) bond motifs is 13. The third kappa shape index (κ3) is 3.17. The fourth-order valence-corrected chi connectivity index (χ4v) is 8.48. The predicted molar refractivity (Wildman–Crippen MR) is 187 cm³/mol. The van der Waals surface area contributed by atoms with Crippen molar-refractivity contribution in [2.45, 2.75) is 12.3 Å². The second kappa shape index (κ2) is 8.94. The number of aromatic nitrogens is 1. The van der Waals surface area contributed by atoms with Gasteiger partial charge in [0.25, 0.3) is 0 Å². The summed E-state index contributed by atoms with van der Waals surface area (Å²) in [6.45, 7) is 2.16. The summed E-state index contributed by atoms with van der Waals surface area (Å²) in [5, 5.41) is 2.55. The summed E-state index contributed by atoms with van der Waals surface area (Å²) >= 11 is 0. The lowest BCUT2D eigenvalue weighted by Gasteiger charge is -2.30. The van der Waals surface area contributed by atoms with Gasteiger partial charge in [0.1, 0.15) is 0 Å². The van der Waals surface area contributed by atoms with Crippen molar-refractivity contribution in [3.8, 4) is 39.1 Å². The van der Waals surface area contributed by atoms with Gasteiger partial charge in [-0.2, -0.15) is 0 Å². The lowest BCUT2D eigenvalue weighted by atomic mass is 9.70. The molecule has 0 radical (unpaired) electrons. The molecule has 2 aliphatic carbocycles.